The summed E-state index contributed by atoms with van der Waals surface area (Å²) in [5.74, 6) is -0.367. The maximum absolute atomic E-state index is 12.9. The highest BCUT2D eigenvalue weighted by atomic mass is 31.2. The number of nitrogens with one attached hydrogen (secondary N) is 2. The number of amides is 1. The van der Waals surface area contributed by atoms with Crippen molar-refractivity contribution >= 4 is 14.4 Å². The minimum atomic E-state index is -1.50. The van der Waals surface area contributed by atoms with Gasteiger partial charge in [-0.2, -0.15) is 5.26 Å². The molecule has 2 heterocycles. The van der Waals surface area contributed by atoms with E-state index in [1.165, 1.54) is 17.8 Å². The number of aromatic amines is 1. The first-order valence-corrected chi connectivity index (χ1v) is 14.2. The Morgan fingerprint density at radius 3 is 2.49 bits per heavy atom. The normalized spacial score (nSPS) is 22.5. The molecule has 2 N–H and O–H groups in total. The molecule has 0 spiro atoms. The summed E-state index contributed by atoms with van der Waals surface area (Å²) in [5, 5.41) is 11.5. The summed E-state index contributed by atoms with van der Waals surface area (Å²) in [6.45, 7) is 12.7. The lowest BCUT2D eigenvalue weighted by Gasteiger charge is -2.38. The summed E-state index contributed by atoms with van der Waals surface area (Å²) in [6, 6.07) is 2.42. The maximum Gasteiger partial charge on any atom is 0.328 e. The Hall–Kier alpha value is -2.09. The zero-order valence-electron chi connectivity index (χ0n) is 23.0. The molecule has 1 aliphatic heterocycles. The second kappa shape index (κ2) is 14.7. The Morgan fingerprint density at radius 2 is 1.95 bits per heavy atom. The highest BCUT2D eigenvalue weighted by Crippen LogP contribution is 2.52. The summed E-state index contributed by atoms with van der Waals surface area (Å²) in [5.41, 5.74) is -0.728. The van der Waals surface area contributed by atoms with Gasteiger partial charge in [-0.3, -0.25) is 19.1 Å². The summed E-state index contributed by atoms with van der Waals surface area (Å²) in [4.78, 5) is 39.4. The van der Waals surface area contributed by atoms with Gasteiger partial charge in [0, 0.05) is 44.2 Å². The number of ether oxygens (including phenoxy) is 1. The molecule has 37 heavy (non-hydrogen) atoms. The monoisotopic (exact) mass is 539 g/mol. The molecule has 208 valence electrons. The number of aromatic nitrogens is 2. The van der Waals surface area contributed by atoms with Gasteiger partial charge < -0.3 is 19.1 Å². The van der Waals surface area contributed by atoms with Crippen LogP contribution in [-0.2, 0) is 25.1 Å². The van der Waals surface area contributed by atoms with Crippen molar-refractivity contribution < 1.29 is 18.6 Å². The standard InChI is InChI=1S/C25H42N5O6P/c1-8-18-22(19-15-29(13-11-21(31)27-7)25(33)28-24(19)32)35-20(9-2)23(18)36-37(34-14-10-12-26)30(16(3)4)17(5)6/h15-18,20,22-23H,8-11,13-14H2,1-7H3,(H,27,31)(H,28,32,33). The highest BCUT2D eigenvalue weighted by molar-refractivity contribution is 7.44. The molecule has 5 atom stereocenters. The quantitative estimate of drug-likeness (QED) is 0.271. The van der Waals surface area contributed by atoms with Crippen molar-refractivity contribution in [1.82, 2.24) is 19.5 Å². The fourth-order valence-corrected chi connectivity index (χ4v) is 6.49. The van der Waals surface area contributed by atoms with Crippen LogP contribution in [0.3, 0.4) is 0 Å². The maximum atomic E-state index is 12.9. The zero-order valence-corrected chi connectivity index (χ0v) is 23.9. The smallest absolute Gasteiger partial charge is 0.328 e. The number of rotatable bonds is 14. The van der Waals surface area contributed by atoms with Crippen molar-refractivity contribution in [2.75, 3.05) is 13.7 Å². The van der Waals surface area contributed by atoms with Gasteiger partial charge in [-0.1, -0.05) is 13.8 Å². The van der Waals surface area contributed by atoms with E-state index in [0.717, 1.165) is 0 Å². The molecule has 0 saturated carbocycles. The molecule has 1 aromatic rings. The van der Waals surface area contributed by atoms with Crippen LogP contribution in [0.4, 0.5) is 0 Å². The summed E-state index contributed by atoms with van der Waals surface area (Å²) in [7, 11) is 0.0372. The number of hydrogen-bond donors (Lipinski definition) is 2. The molecule has 5 unspecified atom stereocenters. The average Bonchev–Trinajstić information content (AvgIpc) is 3.19. The largest absolute Gasteiger partial charge is 0.367 e. The molecule has 0 aliphatic carbocycles. The number of carbonyl (C=O) groups is 1. The summed E-state index contributed by atoms with van der Waals surface area (Å²) < 4.78 is 22.7. The first kappa shape index (κ1) is 31.1. The van der Waals surface area contributed by atoms with Crippen LogP contribution in [0, 0.1) is 17.2 Å². The molecular formula is C25H42N5O6P. The second-order valence-corrected chi connectivity index (χ2v) is 11.1. The Balaban J connectivity index is 2.41. The molecule has 11 nitrogen and oxygen atoms in total. The molecule has 0 aromatic carbocycles. The van der Waals surface area contributed by atoms with Gasteiger partial charge in [0.2, 0.25) is 5.91 Å². The predicted octanol–water partition coefficient (Wildman–Crippen LogP) is 3.21. The molecule has 1 fully saturated rings. The van der Waals surface area contributed by atoms with E-state index in [1.807, 2.05) is 13.8 Å². The third kappa shape index (κ3) is 7.95. The number of H-pyrrole nitrogens is 1. The van der Waals surface area contributed by atoms with Gasteiger partial charge in [-0.05, 0) is 40.5 Å². The van der Waals surface area contributed by atoms with E-state index in [0.29, 0.717) is 18.4 Å². The summed E-state index contributed by atoms with van der Waals surface area (Å²) >= 11 is 0. The van der Waals surface area contributed by atoms with Gasteiger partial charge >= 0.3 is 5.69 Å². The molecule has 12 heteroatoms. The van der Waals surface area contributed by atoms with Gasteiger partial charge in [0.15, 0.2) is 0 Å². The van der Waals surface area contributed by atoms with Crippen molar-refractivity contribution in [1.29, 1.82) is 5.26 Å². The summed E-state index contributed by atoms with van der Waals surface area (Å²) in [6.07, 6.45) is 2.00. The van der Waals surface area contributed by atoms with Crippen LogP contribution in [0.25, 0.3) is 0 Å². The van der Waals surface area contributed by atoms with Gasteiger partial charge in [-0.15, -0.1) is 0 Å². The average molecular weight is 540 g/mol. The van der Waals surface area contributed by atoms with E-state index < -0.39 is 25.9 Å². The Kier molecular flexibility index (Phi) is 12.4. The number of nitriles is 1. The van der Waals surface area contributed by atoms with Crippen molar-refractivity contribution in [2.24, 2.45) is 5.92 Å². The third-order valence-corrected chi connectivity index (χ3v) is 8.58. The van der Waals surface area contributed by atoms with Crippen molar-refractivity contribution in [2.45, 2.75) is 104 Å². The van der Waals surface area contributed by atoms with Gasteiger partial charge in [0.25, 0.3) is 14.1 Å². The van der Waals surface area contributed by atoms with E-state index in [-0.39, 0.29) is 62.1 Å². The Bertz CT molecular complexity index is 1030. The molecule has 2 rings (SSSR count). The lowest BCUT2D eigenvalue weighted by Crippen LogP contribution is -2.37. The molecule has 0 radical (unpaired) electrons. The minimum Gasteiger partial charge on any atom is -0.367 e. The van der Waals surface area contributed by atoms with Crippen LogP contribution in [0.1, 0.15) is 78.9 Å². The predicted molar refractivity (Wildman–Crippen MR) is 142 cm³/mol. The number of nitrogens with zero attached hydrogens (tertiary/aromatic N) is 3. The fourth-order valence-electron chi connectivity index (χ4n) is 4.68. The topological polar surface area (TPSA) is 139 Å². The minimum absolute atomic E-state index is 0.110. The van der Waals surface area contributed by atoms with E-state index in [1.54, 1.807) is 0 Å². The molecule has 1 amide bonds. The third-order valence-electron chi connectivity index (χ3n) is 6.45. The van der Waals surface area contributed by atoms with Crippen molar-refractivity contribution in [3.05, 3.63) is 32.6 Å². The number of aryl methyl sites for hydroxylation is 1. The highest BCUT2D eigenvalue weighted by Gasteiger charge is 2.47. The SMILES string of the molecule is CCC1OC(c2cn(CCC(=O)NC)c(=O)[nH]c2=O)C(CC)C1OP(OCCC#N)N(C(C)C)C(C)C. The molecule has 1 aliphatic rings. The van der Waals surface area contributed by atoms with Crippen LogP contribution in [0.2, 0.25) is 0 Å². The number of hydrogen-bond acceptors (Lipinski definition) is 8. The van der Waals surface area contributed by atoms with E-state index in [9.17, 15) is 14.4 Å². The van der Waals surface area contributed by atoms with Crippen LogP contribution in [-0.4, -0.2) is 58.1 Å². The first-order chi connectivity index (χ1) is 17.6. The van der Waals surface area contributed by atoms with E-state index in [4.69, 9.17) is 19.0 Å². The molecule has 0 bridgehead atoms. The van der Waals surface area contributed by atoms with Crippen LogP contribution >= 0.6 is 8.53 Å². The number of carbonyl (C=O) groups excluding carboxylic acids is 1. The lowest BCUT2D eigenvalue weighted by atomic mass is 9.90. The molecular weight excluding hydrogens is 497 g/mol. The van der Waals surface area contributed by atoms with Crippen molar-refractivity contribution in [3.63, 3.8) is 0 Å². The van der Waals surface area contributed by atoms with Gasteiger partial charge in [0.05, 0.1) is 43.0 Å². The van der Waals surface area contributed by atoms with Gasteiger partial charge in [-0.25, -0.2) is 9.46 Å². The van der Waals surface area contributed by atoms with Crippen LogP contribution in [0.5, 0.6) is 0 Å². The van der Waals surface area contributed by atoms with Gasteiger partial charge in [0.1, 0.15) is 0 Å². The van der Waals surface area contributed by atoms with Crippen LogP contribution < -0.4 is 16.6 Å². The van der Waals surface area contributed by atoms with E-state index in [2.05, 4.69) is 48.7 Å². The van der Waals surface area contributed by atoms with Crippen molar-refractivity contribution in [3.8, 4) is 6.07 Å². The fraction of sp³-hybridized carbons (Fsp3) is 0.760. The first-order valence-electron chi connectivity index (χ1n) is 13.0. The lowest BCUT2D eigenvalue weighted by molar-refractivity contribution is -0.120. The zero-order chi connectivity index (χ0) is 27.7. The Morgan fingerprint density at radius 1 is 1.27 bits per heavy atom. The second-order valence-electron chi connectivity index (χ2n) is 9.65. The van der Waals surface area contributed by atoms with E-state index >= 15 is 0 Å². The molecule has 1 saturated heterocycles. The van der Waals surface area contributed by atoms with Crippen LogP contribution in [0.15, 0.2) is 15.8 Å². The molecule has 1 aromatic heterocycles. The Labute approximate surface area is 220 Å².